The highest BCUT2D eigenvalue weighted by molar-refractivity contribution is 5.79. The summed E-state index contributed by atoms with van der Waals surface area (Å²) in [5, 5.41) is 14.3. The lowest BCUT2D eigenvalue weighted by molar-refractivity contribution is -0.384. The van der Waals surface area contributed by atoms with Crippen molar-refractivity contribution in [3.63, 3.8) is 0 Å². The molecule has 1 aliphatic rings. The summed E-state index contributed by atoms with van der Waals surface area (Å²) in [4.78, 5) is 21.3. The average molecular weight is 262 g/mol. The van der Waals surface area contributed by atoms with Crippen molar-refractivity contribution in [3.05, 3.63) is 33.9 Å². The van der Waals surface area contributed by atoms with Gasteiger partial charge in [0.15, 0.2) is 0 Å². The Hall–Kier alpha value is -1.91. The Morgan fingerprint density at radius 2 is 1.84 bits per heavy atom. The number of nitro benzene ring substituents is 1. The van der Waals surface area contributed by atoms with Gasteiger partial charge in [-0.3, -0.25) is 14.9 Å². The van der Waals surface area contributed by atoms with Crippen LogP contribution in [0.25, 0.3) is 0 Å². The number of benzene rings is 1. The van der Waals surface area contributed by atoms with E-state index in [1.165, 1.54) is 6.07 Å². The number of nitro groups is 1. The molecule has 0 atom stereocenters. The fourth-order valence-corrected chi connectivity index (χ4v) is 2.61. The summed E-state index contributed by atoms with van der Waals surface area (Å²) in [6.45, 7) is 8.54. The van der Waals surface area contributed by atoms with E-state index in [-0.39, 0.29) is 22.6 Å². The maximum Gasteiger partial charge on any atom is 0.293 e. The predicted octanol–water partition coefficient (Wildman–Crippen LogP) is 3.25. The molecule has 1 aromatic rings. The Balaban J connectivity index is 2.32. The zero-order valence-electron chi connectivity index (χ0n) is 11.6. The molecule has 0 saturated heterocycles. The van der Waals surface area contributed by atoms with Gasteiger partial charge in [-0.05, 0) is 23.0 Å². The Labute approximate surface area is 112 Å². The normalized spacial score (nSPS) is 19.8. The third kappa shape index (κ3) is 1.99. The molecule has 0 amide bonds. The van der Waals surface area contributed by atoms with Gasteiger partial charge in [-0.1, -0.05) is 27.7 Å². The van der Waals surface area contributed by atoms with Crippen molar-refractivity contribution in [3.8, 4) is 0 Å². The second-order valence-corrected chi connectivity index (χ2v) is 6.17. The lowest BCUT2D eigenvalue weighted by Crippen LogP contribution is -2.11. The molecular weight excluding hydrogens is 244 g/mol. The van der Waals surface area contributed by atoms with Crippen LogP contribution in [-0.2, 0) is 0 Å². The van der Waals surface area contributed by atoms with Crippen LogP contribution < -0.4 is 5.32 Å². The number of nitrogens with one attached hydrogen (secondary N) is 1. The van der Waals surface area contributed by atoms with Gasteiger partial charge in [-0.2, -0.15) is 0 Å². The van der Waals surface area contributed by atoms with Gasteiger partial charge < -0.3 is 5.32 Å². The van der Waals surface area contributed by atoms with Crippen LogP contribution >= 0.6 is 0 Å². The van der Waals surface area contributed by atoms with Crippen LogP contribution in [-0.4, -0.2) is 17.3 Å². The Morgan fingerprint density at radius 1 is 1.26 bits per heavy atom. The molecule has 0 unspecified atom stereocenters. The minimum Gasteiger partial charge on any atom is -0.376 e. The van der Waals surface area contributed by atoms with Crippen molar-refractivity contribution >= 4 is 17.7 Å². The zero-order chi connectivity index (χ0) is 14.4. The molecular formula is C14H18N2O3. The molecule has 0 heterocycles. The van der Waals surface area contributed by atoms with Crippen molar-refractivity contribution in [2.75, 3.05) is 5.32 Å². The SMILES string of the molecule is CC1(C)C(Nc2ccc(C=O)cc2[N+](=O)[O-])C1(C)C. The largest absolute Gasteiger partial charge is 0.376 e. The fourth-order valence-electron chi connectivity index (χ4n) is 2.61. The maximum absolute atomic E-state index is 11.1. The van der Waals surface area contributed by atoms with Crippen LogP contribution in [0.1, 0.15) is 38.1 Å². The minimum atomic E-state index is -0.461. The standard InChI is InChI=1S/C14H18N2O3/c1-13(2)12(14(13,3)4)15-10-6-5-9(8-17)7-11(10)16(18)19/h5-8,12,15H,1-4H3. The molecule has 102 valence electrons. The minimum absolute atomic E-state index is 0.0527. The first-order valence-corrected chi connectivity index (χ1v) is 6.22. The quantitative estimate of drug-likeness (QED) is 0.513. The summed E-state index contributed by atoms with van der Waals surface area (Å²) < 4.78 is 0. The van der Waals surface area contributed by atoms with Crippen molar-refractivity contribution in [1.29, 1.82) is 0 Å². The molecule has 0 aliphatic heterocycles. The van der Waals surface area contributed by atoms with Gasteiger partial charge in [0.25, 0.3) is 5.69 Å². The number of carbonyl (C=O) groups excluding carboxylic acids is 1. The molecule has 2 rings (SSSR count). The number of rotatable bonds is 4. The van der Waals surface area contributed by atoms with E-state index in [0.717, 1.165) is 0 Å². The molecule has 5 heteroatoms. The van der Waals surface area contributed by atoms with Gasteiger partial charge in [0.1, 0.15) is 12.0 Å². The van der Waals surface area contributed by atoms with E-state index in [2.05, 4.69) is 33.0 Å². The van der Waals surface area contributed by atoms with Gasteiger partial charge in [0, 0.05) is 17.7 Å². The lowest BCUT2D eigenvalue weighted by atomic mass is 10.0. The maximum atomic E-state index is 11.1. The van der Waals surface area contributed by atoms with Crippen LogP contribution in [0.4, 0.5) is 11.4 Å². The fraction of sp³-hybridized carbons (Fsp3) is 0.500. The van der Waals surface area contributed by atoms with E-state index in [0.29, 0.717) is 17.5 Å². The summed E-state index contributed by atoms with van der Waals surface area (Å²) in [5.41, 5.74) is 0.905. The summed E-state index contributed by atoms with van der Waals surface area (Å²) in [5.74, 6) is 0. The second-order valence-electron chi connectivity index (χ2n) is 6.17. The molecule has 0 bridgehead atoms. The molecule has 0 aromatic heterocycles. The summed E-state index contributed by atoms with van der Waals surface area (Å²) in [6.07, 6.45) is 0.613. The summed E-state index contributed by atoms with van der Waals surface area (Å²) >= 11 is 0. The van der Waals surface area contributed by atoms with Gasteiger partial charge in [0.05, 0.1) is 4.92 Å². The molecule has 1 aliphatic carbocycles. The second kappa shape index (κ2) is 4.05. The number of aldehydes is 1. The van der Waals surface area contributed by atoms with Gasteiger partial charge in [-0.15, -0.1) is 0 Å². The number of anilines is 1. The summed E-state index contributed by atoms with van der Waals surface area (Å²) in [6, 6.07) is 4.68. The van der Waals surface area contributed by atoms with E-state index < -0.39 is 4.92 Å². The van der Waals surface area contributed by atoms with Crippen LogP contribution in [0.3, 0.4) is 0 Å². The monoisotopic (exact) mass is 262 g/mol. The summed E-state index contributed by atoms with van der Waals surface area (Å²) in [7, 11) is 0. The third-order valence-electron chi connectivity index (χ3n) is 4.68. The Morgan fingerprint density at radius 3 is 2.26 bits per heavy atom. The Bertz CT molecular complexity index is 536. The van der Waals surface area contributed by atoms with E-state index in [4.69, 9.17) is 0 Å². The molecule has 1 saturated carbocycles. The van der Waals surface area contributed by atoms with Crippen molar-refractivity contribution in [2.24, 2.45) is 10.8 Å². The molecule has 1 N–H and O–H groups in total. The number of carbonyl (C=O) groups is 1. The van der Waals surface area contributed by atoms with E-state index in [1.807, 2.05) is 0 Å². The number of hydrogen-bond acceptors (Lipinski definition) is 4. The van der Waals surface area contributed by atoms with Crippen LogP contribution in [0, 0.1) is 20.9 Å². The van der Waals surface area contributed by atoms with Crippen LogP contribution in [0.2, 0.25) is 0 Å². The lowest BCUT2D eigenvalue weighted by Gasteiger charge is -2.09. The molecule has 5 nitrogen and oxygen atoms in total. The zero-order valence-corrected chi connectivity index (χ0v) is 11.6. The van der Waals surface area contributed by atoms with E-state index in [1.54, 1.807) is 12.1 Å². The molecule has 19 heavy (non-hydrogen) atoms. The third-order valence-corrected chi connectivity index (χ3v) is 4.68. The average Bonchev–Trinajstić information content (AvgIpc) is 2.72. The first-order chi connectivity index (χ1) is 8.71. The highest BCUT2D eigenvalue weighted by Crippen LogP contribution is 2.64. The topological polar surface area (TPSA) is 72.2 Å². The molecule has 1 fully saturated rings. The van der Waals surface area contributed by atoms with Crippen LogP contribution in [0.5, 0.6) is 0 Å². The first-order valence-electron chi connectivity index (χ1n) is 6.22. The predicted molar refractivity (Wildman–Crippen MR) is 73.5 cm³/mol. The van der Waals surface area contributed by atoms with Crippen molar-refractivity contribution in [2.45, 2.75) is 33.7 Å². The molecule has 1 aromatic carbocycles. The first kappa shape index (κ1) is 13.5. The number of nitrogens with zero attached hydrogens (tertiary/aromatic N) is 1. The van der Waals surface area contributed by atoms with Gasteiger partial charge in [0.2, 0.25) is 0 Å². The van der Waals surface area contributed by atoms with E-state index >= 15 is 0 Å². The van der Waals surface area contributed by atoms with Crippen molar-refractivity contribution in [1.82, 2.24) is 0 Å². The highest BCUT2D eigenvalue weighted by Gasteiger charge is 2.65. The van der Waals surface area contributed by atoms with Crippen LogP contribution in [0.15, 0.2) is 18.2 Å². The smallest absolute Gasteiger partial charge is 0.293 e. The van der Waals surface area contributed by atoms with Gasteiger partial charge in [-0.25, -0.2) is 0 Å². The van der Waals surface area contributed by atoms with Crippen molar-refractivity contribution < 1.29 is 9.72 Å². The van der Waals surface area contributed by atoms with E-state index in [9.17, 15) is 14.9 Å². The molecule has 0 spiro atoms. The molecule has 0 radical (unpaired) electrons. The Kier molecular flexibility index (Phi) is 2.88. The van der Waals surface area contributed by atoms with Gasteiger partial charge >= 0.3 is 0 Å². The highest BCUT2D eigenvalue weighted by atomic mass is 16.6. The number of hydrogen-bond donors (Lipinski definition) is 1.